The van der Waals surface area contributed by atoms with Crippen LogP contribution in [0.5, 0.6) is 0 Å². The first-order chi connectivity index (χ1) is 7.65. The number of rotatable bonds is 2. The average Bonchev–Trinajstić information content (AvgIpc) is 2.27. The Morgan fingerprint density at radius 2 is 1.94 bits per heavy atom. The summed E-state index contributed by atoms with van der Waals surface area (Å²) in [7, 11) is 0. The standard InChI is InChI=1S/C13H12ClNS/c1-9-3-4-10(2)12(7-9)16-13-6-5-11(14)8-15-13/h3-8H,1-2H3. The molecule has 0 amide bonds. The fraction of sp³-hybridized carbons (Fsp3) is 0.154. The lowest BCUT2D eigenvalue weighted by molar-refractivity contribution is 1.13. The minimum Gasteiger partial charge on any atom is -0.248 e. The molecule has 0 saturated heterocycles. The van der Waals surface area contributed by atoms with Gasteiger partial charge in [-0.1, -0.05) is 35.5 Å². The van der Waals surface area contributed by atoms with Crippen LogP contribution in [-0.2, 0) is 0 Å². The van der Waals surface area contributed by atoms with Crippen molar-refractivity contribution in [1.29, 1.82) is 0 Å². The van der Waals surface area contributed by atoms with Crippen LogP contribution in [0.4, 0.5) is 0 Å². The first-order valence-electron chi connectivity index (χ1n) is 5.02. The van der Waals surface area contributed by atoms with Gasteiger partial charge in [0.05, 0.1) is 5.02 Å². The van der Waals surface area contributed by atoms with Crippen LogP contribution in [0.1, 0.15) is 11.1 Å². The fourth-order valence-corrected chi connectivity index (χ4v) is 2.40. The molecule has 1 heterocycles. The van der Waals surface area contributed by atoms with Crippen LogP contribution in [0, 0.1) is 13.8 Å². The van der Waals surface area contributed by atoms with Crippen molar-refractivity contribution in [1.82, 2.24) is 4.98 Å². The lowest BCUT2D eigenvalue weighted by atomic mass is 10.2. The van der Waals surface area contributed by atoms with Gasteiger partial charge in [0.1, 0.15) is 5.03 Å². The van der Waals surface area contributed by atoms with Crippen LogP contribution in [0.15, 0.2) is 46.5 Å². The molecular weight excluding hydrogens is 238 g/mol. The molecule has 0 radical (unpaired) electrons. The van der Waals surface area contributed by atoms with Crippen molar-refractivity contribution in [2.24, 2.45) is 0 Å². The van der Waals surface area contributed by atoms with Gasteiger partial charge < -0.3 is 0 Å². The molecule has 3 heteroatoms. The Kier molecular flexibility index (Phi) is 3.52. The molecule has 0 N–H and O–H groups in total. The zero-order valence-electron chi connectivity index (χ0n) is 9.20. The summed E-state index contributed by atoms with van der Waals surface area (Å²) in [6, 6.07) is 10.2. The second-order valence-electron chi connectivity index (χ2n) is 3.69. The zero-order chi connectivity index (χ0) is 11.5. The Labute approximate surface area is 105 Å². The average molecular weight is 250 g/mol. The van der Waals surface area contributed by atoms with E-state index in [1.807, 2.05) is 12.1 Å². The summed E-state index contributed by atoms with van der Waals surface area (Å²) in [5, 5.41) is 1.64. The van der Waals surface area contributed by atoms with Crippen molar-refractivity contribution in [3.63, 3.8) is 0 Å². The van der Waals surface area contributed by atoms with Crippen molar-refractivity contribution in [3.8, 4) is 0 Å². The van der Waals surface area contributed by atoms with Gasteiger partial charge in [0.25, 0.3) is 0 Å². The molecule has 0 aliphatic rings. The van der Waals surface area contributed by atoms with Gasteiger partial charge >= 0.3 is 0 Å². The number of benzene rings is 1. The normalized spacial score (nSPS) is 10.4. The van der Waals surface area contributed by atoms with Crippen LogP contribution in [0.2, 0.25) is 5.02 Å². The first-order valence-corrected chi connectivity index (χ1v) is 6.21. The fourth-order valence-electron chi connectivity index (χ4n) is 1.35. The Morgan fingerprint density at radius 1 is 1.12 bits per heavy atom. The zero-order valence-corrected chi connectivity index (χ0v) is 10.8. The molecule has 2 rings (SSSR count). The molecule has 1 nitrogen and oxygen atoms in total. The van der Waals surface area contributed by atoms with E-state index in [-0.39, 0.29) is 0 Å². The highest BCUT2D eigenvalue weighted by molar-refractivity contribution is 7.99. The maximum absolute atomic E-state index is 5.80. The Balaban J connectivity index is 2.26. The SMILES string of the molecule is Cc1ccc(C)c(Sc2ccc(Cl)cn2)c1. The van der Waals surface area contributed by atoms with E-state index in [9.17, 15) is 0 Å². The van der Waals surface area contributed by atoms with Gasteiger partial charge in [0.15, 0.2) is 0 Å². The van der Waals surface area contributed by atoms with E-state index in [2.05, 4.69) is 37.0 Å². The molecule has 0 atom stereocenters. The van der Waals surface area contributed by atoms with Gasteiger partial charge in [0, 0.05) is 11.1 Å². The van der Waals surface area contributed by atoms with Crippen LogP contribution >= 0.6 is 23.4 Å². The molecule has 0 aliphatic carbocycles. The molecule has 16 heavy (non-hydrogen) atoms. The molecule has 0 spiro atoms. The van der Waals surface area contributed by atoms with E-state index < -0.39 is 0 Å². The molecule has 0 unspecified atom stereocenters. The largest absolute Gasteiger partial charge is 0.248 e. The van der Waals surface area contributed by atoms with Crippen molar-refractivity contribution in [3.05, 3.63) is 52.7 Å². The molecule has 0 bridgehead atoms. The molecule has 1 aromatic heterocycles. The molecule has 2 aromatic rings. The van der Waals surface area contributed by atoms with Gasteiger partial charge in [-0.3, -0.25) is 0 Å². The van der Waals surface area contributed by atoms with Crippen LogP contribution in [-0.4, -0.2) is 4.98 Å². The van der Waals surface area contributed by atoms with Gasteiger partial charge in [-0.2, -0.15) is 0 Å². The minimum absolute atomic E-state index is 0.672. The first kappa shape index (κ1) is 11.5. The number of pyridine rings is 1. The Bertz CT molecular complexity index is 494. The second kappa shape index (κ2) is 4.89. The number of aromatic nitrogens is 1. The Hall–Kier alpha value is -0.990. The highest BCUT2D eigenvalue weighted by Crippen LogP contribution is 2.29. The lowest BCUT2D eigenvalue weighted by Gasteiger charge is -2.05. The minimum atomic E-state index is 0.672. The summed E-state index contributed by atoms with van der Waals surface area (Å²) in [4.78, 5) is 5.52. The van der Waals surface area contributed by atoms with Crippen molar-refractivity contribution in [2.45, 2.75) is 23.8 Å². The maximum atomic E-state index is 5.80. The number of aryl methyl sites for hydroxylation is 2. The van der Waals surface area contributed by atoms with Gasteiger partial charge in [-0.25, -0.2) is 4.98 Å². The third-order valence-corrected chi connectivity index (χ3v) is 3.59. The highest BCUT2D eigenvalue weighted by atomic mass is 35.5. The van der Waals surface area contributed by atoms with E-state index in [4.69, 9.17) is 11.6 Å². The number of hydrogen-bond acceptors (Lipinski definition) is 2. The number of hydrogen-bond donors (Lipinski definition) is 0. The summed E-state index contributed by atoms with van der Waals surface area (Å²) < 4.78 is 0. The highest BCUT2D eigenvalue weighted by Gasteiger charge is 2.02. The van der Waals surface area contributed by atoms with Gasteiger partial charge in [-0.05, 0) is 43.2 Å². The lowest BCUT2D eigenvalue weighted by Crippen LogP contribution is -1.83. The third kappa shape index (κ3) is 2.77. The quantitative estimate of drug-likeness (QED) is 0.777. The molecule has 0 aliphatic heterocycles. The van der Waals surface area contributed by atoms with Crippen molar-refractivity contribution in [2.75, 3.05) is 0 Å². The summed E-state index contributed by atoms with van der Waals surface area (Å²) in [6.07, 6.45) is 1.68. The predicted molar refractivity (Wildman–Crippen MR) is 69.3 cm³/mol. The van der Waals surface area contributed by atoms with Crippen LogP contribution in [0.3, 0.4) is 0 Å². The van der Waals surface area contributed by atoms with Crippen molar-refractivity contribution >= 4 is 23.4 Å². The molecular formula is C13H12ClNS. The van der Waals surface area contributed by atoms with Crippen molar-refractivity contribution < 1.29 is 0 Å². The van der Waals surface area contributed by atoms with Gasteiger partial charge in [-0.15, -0.1) is 0 Å². The molecule has 1 aromatic carbocycles. The topological polar surface area (TPSA) is 12.9 Å². The summed E-state index contributed by atoms with van der Waals surface area (Å²) >= 11 is 7.47. The molecule has 0 saturated carbocycles. The van der Waals surface area contributed by atoms with Crippen LogP contribution < -0.4 is 0 Å². The Morgan fingerprint density at radius 3 is 2.62 bits per heavy atom. The maximum Gasteiger partial charge on any atom is 0.101 e. The monoisotopic (exact) mass is 249 g/mol. The van der Waals surface area contributed by atoms with E-state index >= 15 is 0 Å². The predicted octanol–water partition coefficient (Wildman–Crippen LogP) is 4.50. The van der Waals surface area contributed by atoms with E-state index in [1.165, 1.54) is 16.0 Å². The number of nitrogens with zero attached hydrogens (tertiary/aromatic N) is 1. The van der Waals surface area contributed by atoms with Gasteiger partial charge in [0.2, 0.25) is 0 Å². The summed E-state index contributed by atoms with van der Waals surface area (Å²) in [5.41, 5.74) is 2.54. The third-order valence-electron chi connectivity index (χ3n) is 2.26. The van der Waals surface area contributed by atoms with E-state index in [0.717, 1.165) is 5.03 Å². The molecule has 0 fully saturated rings. The van der Waals surface area contributed by atoms with E-state index in [0.29, 0.717) is 5.02 Å². The summed E-state index contributed by atoms with van der Waals surface area (Å²) in [6.45, 7) is 4.20. The van der Waals surface area contributed by atoms with E-state index in [1.54, 1.807) is 18.0 Å². The second-order valence-corrected chi connectivity index (χ2v) is 5.18. The molecule has 82 valence electrons. The number of halogens is 1. The smallest absolute Gasteiger partial charge is 0.101 e. The van der Waals surface area contributed by atoms with Crippen LogP contribution in [0.25, 0.3) is 0 Å². The summed E-state index contributed by atoms with van der Waals surface area (Å²) in [5.74, 6) is 0.